The Hall–Kier alpha value is -2.94. The summed E-state index contributed by atoms with van der Waals surface area (Å²) in [7, 11) is -0.862. The Morgan fingerprint density at radius 2 is 1.85 bits per heavy atom. The van der Waals surface area contributed by atoms with Gasteiger partial charge in [-0.05, 0) is 31.0 Å². The monoisotopic (exact) mass is 476 g/mol. The molecule has 3 rings (SSSR count). The maximum atomic E-state index is 13.2. The van der Waals surface area contributed by atoms with Crippen LogP contribution in [-0.4, -0.2) is 46.9 Å². The molecular formula is C24H32N2O6S. The molecule has 180 valence electrons. The van der Waals surface area contributed by atoms with E-state index in [1.165, 1.54) is 20.3 Å². The molecule has 0 aliphatic carbocycles. The number of rotatable bonds is 9. The molecule has 0 saturated heterocycles. The molecule has 0 unspecified atom stereocenters. The summed E-state index contributed by atoms with van der Waals surface area (Å²) in [6.45, 7) is 3.74. The zero-order chi connectivity index (χ0) is 24.2. The predicted molar refractivity (Wildman–Crippen MR) is 128 cm³/mol. The molecule has 1 N–H and O–H groups in total. The quantitative estimate of drug-likeness (QED) is 0.594. The molecule has 8 nitrogen and oxygen atoms in total. The van der Waals surface area contributed by atoms with E-state index in [-0.39, 0.29) is 11.7 Å². The van der Waals surface area contributed by atoms with Crippen molar-refractivity contribution in [1.29, 1.82) is 0 Å². The molecule has 0 spiro atoms. The summed E-state index contributed by atoms with van der Waals surface area (Å²) in [5.74, 6) is 1.09. The maximum absolute atomic E-state index is 13.2. The highest BCUT2D eigenvalue weighted by molar-refractivity contribution is 7.92. The molecule has 0 radical (unpaired) electrons. The Labute approximate surface area is 195 Å². The van der Waals surface area contributed by atoms with E-state index in [0.29, 0.717) is 17.9 Å². The summed E-state index contributed by atoms with van der Waals surface area (Å²) in [6, 6.07) is 12.1. The van der Waals surface area contributed by atoms with Crippen molar-refractivity contribution in [3.63, 3.8) is 0 Å². The molecule has 0 bridgehead atoms. The summed E-state index contributed by atoms with van der Waals surface area (Å²) in [6.07, 6.45) is 3.24. The van der Waals surface area contributed by atoms with Gasteiger partial charge < -0.3 is 19.5 Å². The summed E-state index contributed by atoms with van der Waals surface area (Å²) < 4.78 is 43.2. The second-order valence-electron chi connectivity index (χ2n) is 8.16. The highest BCUT2D eigenvalue weighted by atomic mass is 32.2. The van der Waals surface area contributed by atoms with Crippen LogP contribution in [0.5, 0.6) is 17.2 Å². The van der Waals surface area contributed by atoms with Crippen LogP contribution in [0.15, 0.2) is 42.5 Å². The van der Waals surface area contributed by atoms with E-state index in [2.05, 4.69) is 19.2 Å². The van der Waals surface area contributed by atoms with Gasteiger partial charge in [-0.2, -0.15) is 0 Å². The Kier molecular flexibility index (Phi) is 7.41. The van der Waals surface area contributed by atoms with E-state index in [9.17, 15) is 13.2 Å². The molecule has 1 aliphatic rings. The number of sulfonamides is 1. The van der Waals surface area contributed by atoms with Crippen LogP contribution < -0.4 is 23.8 Å². The van der Waals surface area contributed by atoms with E-state index >= 15 is 0 Å². The highest BCUT2D eigenvalue weighted by Crippen LogP contribution is 2.42. The third-order valence-electron chi connectivity index (χ3n) is 6.16. The molecule has 33 heavy (non-hydrogen) atoms. The minimum absolute atomic E-state index is 0.235. The fourth-order valence-electron chi connectivity index (χ4n) is 4.17. The lowest BCUT2D eigenvalue weighted by atomic mass is 9.83. The molecule has 1 amide bonds. The van der Waals surface area contributed by atoms with Crippen molar-refractivity contribution in [3.8, 4) is 17.2 Å². The van der Waals surface area contributed by atoms with Crippen LogP contribution in [-0.2, 0) is 14.8 Å². The van der Waals surface area contributed by atoms with E-state index in [1.54, 1.807) is 12.1 Å². The fourth-order valence-corrected chi connectivity index (χ4v) is 5.02. The molecule has 0 fully saturated rings. The summed E-state index contributed by atoms with van der Waals surface area (Å²) in [5, 5.41) is 3.04. The van der Waals surface area contributed by atoms with Gasteiger partial charge in [0.05, 0.1) is 32.2 Å². The first-order chi connectivity index (χ1) is 15.7. The molecule has 0 aromatic heterocycles. The number of hydrogen-bond donors (Lipinski definition) is 1. The number of nitrogens with zero attached hydrogens (tertiary/aromatic N) is 1. The number of methoxy groups -OCH3 is 2. The predicted octanol–water partition coefficient (Wildman–Crippen LogP) is 3.67. The van der Waals surface area contributed by atoms with Gasteiger partial charge in [-0.3, -0.25) is 9.10 Å². The molecular weight excluding hydrogens is 444 g/mol. The first-order valence-corrected chi connectivity index (χ1v) is 12.8. The SMILES string of the molecule is CCC1(CC)C[C@@H](NC(=O)CN(c2cc(OC)ccc2OC)S(C)(=O)=O)c2ccccc2O1. The smallest absolute Gasteiger partial charge is 0.241 e. The molecule has 2 aromatic carbocycles. The molecule has 1 atom stereocenters. The van der Waals surface area contributed by atoms with Crippen molar-refractivity contribution in [2.24, 2.45) is 0 Å². The molecule has 1 heterocycles. The number of para-hydroxylation sites is 1. The van der Waals surface area contributed by atoms with Crippen LogP contribution in [0.4, 0.5) is 5.69 Å². The average molecular weight is 477 g/mol. The Morgan fingerprint density at radius 1 is 1.15 bits per heavy atom. The second-order valence-corrected chi connectivity index (χ2v) is 10.1. The third-order valence-corrected chi connectivity index (χ3v) is 7.29. The van der Waals surface area contributed by atoms with Gasteiger partial charge in [0.25, 0.3) is 0 Å². The largest absolute Gasteiger partial charge is 0.497 e. The van der Waals surface area contributed by atoms with Gasteiger partial charge in [0, 0.05) is 18.1 Å². The van der Waals surface area contributed by atoms with Crippen LogP contribution in [0, 0.1) is 0 Å². The van der Waals surface area contributed by atoms with Gasteiger partial charge in [0.15, 0.2) is 0 Å². The standard InChI is InChI=1S/C24H32N2O6S/c1-6-24(7-2)15-19(18-10-8-9-11-21(18)32-24)25-23(27)16-26(33(5,28)29)20-14-17(30-3)12-13-22(20)31-4/h8-14,19H,6-7,15-16H2,1-5H3,(H,25,27)/t19-/m1/s1. The van der Waals surface area contributed by atoms with Crippen molar-refractivity contribution in [2.75, 3.05) is 31.3 Å². The van der Waals surface area contributed by atoms with Crippen molar-refractivity contribution in [3.05, 3.63) is 48.0 Å². The highest BCUT2D eigenvalue weighted by Gasteiger charge is 2.39. The summed E-state index contributed by atoms with van der Waals surface area (Å²) >= 11 is 0. The lowest BCUT2D eigenvalue weighted by Crippen LogP contribution is -2.47. The molecule has 2 aromatic rings. The zero-order valence-electron chi connectivity index (χ0n) is 19.8. The minimum atomic E-state index is -3.79. The summed E-state index contributed by atoms with van der Waals surface area (Å²) in [5.41, 5.74) is 0.727. The Morgan fingerprint density at radius 3 is 2.45 bits per heavy atom. The third kappa shape index (κ3) is 5.35. The Bertz CT molecular complexity index is 1100. The van der Waals surface area contributed by atoms with Crippen LogP contribution in [0.2, 0.25) is 0 Å². The lowest BCUT2D eigenvalue weighted by molar-refractivity contribution is -0.121. The van der Waals surface area contributed by atoms with Crippen molar-refractivity contribution in [2.45, 2.75) is 44.8 Å². The first-order valence-electron chi connectivity index (χ1n) is 10.9. The average Bonchev–Trinajstić information content (AvgIpc) is 2.81. The van der Waals surface area contributed by atoms with Gasteiger partial charge >= 0.3 is 0 Å². The van der Waals surface area contributed by atoms with Crippen LogP contribution in [0.1, 0.15) is 44.7 Å². The number of anilines is 1. The van der Waals surface area contributed by atoms with E-state index in [4.69, 9.17) is 14.2 Å². The number of benzene rings is 2. The summed E-state index contributed by atoms with van der Waals surface area (Å²) in [4.78, 5) is 13.2. The first kappa shape index (κ1) is 24.7. The van der Waals surface area contributed by atoms with Gasteiger partial charge in [0.1, 0.15) is 29.4 Å². The van der Waals surface area contributed by atoms with Crippen molar-refractivity contribution < 1.29 is 27.4 Å². The van der Waals surface area contributed by atoms with Crippen molar-refractivity contribution in [1.82, 2.24) is 5.32 Å². The topological polar surface area (TPSA) is 94.2 Å². The van der Waals surface area contributed by atoms with Gasteiger partial charge in [-0.25, -0.2) is 8.42 Å². The lowest BCUT2D eigenvalue weighted by Gasteiger charge is -2.41. The number of carbonyl (C=O) groups is 1. The van der Waals surface area contributed by atoms with E-state index < -0.39 is 28.1 Å². The van der Waals surface area contributed by atoms with E-state index in [1.807, 2.05) is 24.3 Å². The van der Waals surface area contributed by atoms with Gasteiger partial charge in [-0.15, -0.1) is 0 Å². The number of ether oxygens (including phenoxy) is 3. The molecule has 1 aliphatic heterocycles. The molecule has 0 saturated carbocycles. The zero-order valence-corrected chi connectivity index (χ0v) is 20.6. The van der Waals surface area contributed by atoms with Crippen molar-refractivity contribution >= 4 is 21.6 Å². The number of fused-ring (bicyclic) bond motifs is 1. The fraction of sp³-hybridized carbons (Fsp3) is 0.458. The number of nitrogens with one attached hydrogen (secondary N) is 1. The number of amides is 1. The van der Waals surface area contributed by atoms with Gasteiger partial charge in [0.2, 0.25) is 15.9 Å². The van der Waals surface area contributed by atoms with E-state index in [0.717, 1.165) is 34.7 Å². The maximum Gasteiger partial charge on any atom is 0.241 e. The van der Waals surface area contributed by atoms with Gasteiger partial charge in [-0.1, -0.05) is 32.0 Å². The number of carbonyl (C=O) groups excluding carboxylic acids is 1. The Balaban J connectivity index is 1.90. The number of hydrogen-bond acceptors (Lipinski definition) is 6. The molecule has 9 heteroatoms. The van der Waals surface area contributed by atoms with Crippen LogP contribution in [0.25, 0.3) is 0 Å². The van der Waals surface area contributed by atoms with Crippen LogP contribution >= 0.6 is 0 Å². The minimum Gasteiger partial charge on any atom is -0.497 e. The van der Waals surface area contributed by atoms with Crippen LogP contribution in [0.3, 0.4) is 0 Å². The second kappa shape index (κ2) is 9.91. The normalized spacial score (nSPS) is 16.8.